The fourth-order valence-electron chi connectivity index (χ4n) is 3.67. The largest absolute Gasteiger partial charge is 0.389 e. The van der Waals surface area contributed by atoms with Gasteiger partial charge in [0, 0.05) is 29.4 Å². The maximum Gasteiger partial charge on any atom is 0.177 e. The molecular formula is C21H25FN5O+. The van der Waals surface area contributed by atoms with Gasteiger partial charge in [0.2, 0.25) is 0 Å². The van der Waals surface area contributed by atoms with Gasteiger partial charge in [0.1, 0.15) is 19.0 Å². The monoisotopic (exact) mass is 382 g/mol. The number of hydrogen-bond donors (Lipinski definition) is 2. The van der Waals surface area contributed by atoms with Crippen LogP contribution in [0.4, 0.5) is 4.39 Å². The number of rotatable bonds is 5. The molecule has 0 radical (unpaired) electrons. The summed E-state index contributed by atoms with van der Waals surface area (Å²) in [5, 5.41) is 5.07. The molecule has 0 amide bonds. The molecule has 1 aliphatic rings. The first kappa shape index (κ1) is 18.4. The Labute approximate surface area is 163 Å². The Balaban J connectivity index is 1.50. The molecule has 2 unspecified atom stereocenters. The van der Waals surface area contributed by atoms with Crippen LogP contribution in [0.25, 0.3) is 10.9 Å². The van der Waals surface area contributed by atoms with E-state index in [9.17, 15) is 4.39 Å². The van der Waals surface area contributed by atoms with E-state index in [0.717, 1.165) is 30.2 Å². The number of nitrogens with zero attached hydrogens (tertiary/aromatic N) is 3. The first-order valence-electron chi connectivity index (χ1n) is 9.49. The average Bonchev–Trinajstić information content (AvgIpc) is 3.27. The van der Waals surface area contributed by atoms with Gasteiger partial charge in [-0.15, -0.1) is 0 Å². The van der Waals surface area contributed by atoms with Crippen molar-refractivity contribution < 1.29 is 13.8 Å². The summed E-state index contributed by atoms with van der Waals surface area (Å²) in [5.41, 5.74) is 14.1. The van der Waals surface area contributed by atoms with E-state index in [4.69, 9.17) is 16.3 Å². The number of aromatic nitrogens is 2. The second-order valence-electron chi connectivity index (χ2n) is 7.42. The minimum Gasteiger partial charge on any atom is -0.389 e. The van der Waals surface area contributed by atoms with Crippen LogP contribution in [0.3, 0.4) is 0 Å². The molecule has 7 heteroatoms. The Morgan fingerprint density at radius 1 is 1.32 bits per heavy atom. The molecular weight excluding hydrogens is 357 g/mol. The molecule has 4 rings (SSSR count). The van der Waals surface area contributed by atoms with Crippen molar-refractivity contribution in [2.75, 3.05) is 0 Å². The van der Waals surface area contributed by atoms with E-state index >= 15 is 0 Å². The van der Waals surface area contributed by atoms with Crippen LogP contribution in [0.2, 0.25) is 0 Å². The topological polar surface area (TPSA) is 82.4 Å². The molecule has 4 N–H and O–H groups in total. The second kappa shape index (κ2) is 7.59. The van der Waals surface area contributed by atoms with E-state index in [-0.39, 0.29) is 23.8 Å². The zero-order chi connectivity index (χ0) is 19.7. The standard InChI is InChI=1S/C21H25FN5O/c1-26-9-8-19-16(12-26)7-10-27(19)13-15-6-5-14(11-17(15)22)21(24)25-28-20-4-2-3-18(20)23/h5-12,18,20H,2-4,13,23H2,1H3,(H2,24,25)/q+1. The number of hydrogen-bond acceptors (Lipinski definition) is 3. The summed E-state index contributed by atoms with van der Waals surface area (Å²) in [7, 11) is 1.98. The van der Waals surface area contributed by atoms with Crippen LogP contribution in [0.1, 0.15) is 30.4 Å². The van der Waals surface area contributed by atoms with Gasteiger partial charge < -0.3 is 20.9 Å². The quantitative estimate of drug-likeness (QED) is 0.307. The number of nitrogens with two attached hydrogens (primary N) is 2. The predicted molar refractivity (Wildman–Crippen MR) is 106 cm³/mol. The molecule has 28 heavy (non-hydrogen) atoms. The summed E-state index contributed by atoms with van der Waals surface area (Å²) >= 11 is 0. The van der Waals surface area contributed by atoms with Crippen molar-refractivity contribution in [3.63, 3.8) is 0 Å². The second-order valence-corrected chi connectivity index (χ2v) is 7.42. The van der Waals surface area contributed by atoms with E-state index in [2.05, 4.69) is 5.16 Å². The van der Waals surface area contributed by atoms with Gasteiger partial charge in [0.25, 0.3) is 0 Å². The number of aryl methyl sites for hydroxylation is 1. The number of benzene rings is 1. The summed E-state index contributed by atoms with van der Waals surface area (Å²) < 4.78 is 18.7. The molecule has 0 spiro atoms. The fourth-order valence-corrected chi connectivity index (χ4v) is 3.67. The lowest BCUT2D eigenvalue weighted by atomic mass is 10.1. The highest BCUT2D eigenvalue weighted by Gasteiger charge is 2.25. The van der Waals surface area contributed by atoms with Crippen molar-refractivity contribution in [1.29, 1.82) is 0 Å². The molecule has 1 aliphatic carbocycles. The molecule has 3 aromatic rings. The van der Waals surface area contributed by atoms with Crippen molar-refractivity contribution in [2.45, 2.75) is 38.0 Å². The zero-order valence-corrected chi connectivity index (χ0v) is 15.9. The summed E-state index contributed by atoms with van der Waals surface area (Å²) in [6.45, 7) is 0.438. The molecule has 2 atom stereocenters. The predicted octanol–water partition coefficient (Wildman–Crippen LogP) is 2.17. The van der Waals surface area contributed by atoms with Crippen LogP contribution in [0.5, 0.6) is 0 Å². The molecule has 0 bridgehead atoms. The van der Waals surface area contributed by atoms with E-state index < -0.39 is 0 Å². The average molecular weight is 382 g/mol. The first-order chi connectivity index (χ1) is 13.5. The van der Waals surface area contributed by atoms with Crippen molar-refractivity contribution >= 4 is 16.7 Å². The normalized spacial score (nSPS) is 20.0. The number of amidine groups is 1. The molecule has 0 saturated heterocycles. The molecule has 0 aliphatic heterocycles. The van der Waals surface area contributed by atoms with Gasteiger partial charge in [-0.25, -0.2) is 8.96 Å². The number of fused-ring (bicyclic) bond motifs is 1. The molecule has 2 heterocycles. The van der Waals surface area contributed by atoms with Crippen molar-refractivity contribution in [2.24, 2.45) is 23.7 Å². The van der Waals surface area contributed by atoms with Gasteiger partial charge in [-0.2, -0.15) is 0 Å². The van der Waals surface area contributed by atoms with Gasteiger partial charge in [-0.1, -0.05) is 17.3 Å². The van der Waals surface area contributed by atoms with Crippen molar-refractivity contribution in [1.82, 2.24) is 4.57 Å². The highest BCUT2D eigenvalue weighted by Crippen LogP contribution is 2.21. The lowest BCUT2D eigenvalue weighted by Gasteiger charge is -2.13. The number of halogens is 1. The van der Waals surface area contributed by atoms with Gasteiger partial charge in [-0.3, -0.25) is 0 Å². The van der Waals surface area contributed by atoms with E-state index in [1.807, 2.05) is 46.9 Å². The maximum atomic E-state index is 14.7. The van der Waals surface area contributed by atoms with Crippen molar-refractivity contribution in [3.05, 3.63) is 65.9 Å². The lowest BCUT2D eigenvalue weighted by molar-refractivity contribution is -0.670. The molecule has 1 saturated carbocycles. The summed E-state index contributed by atoms with van der Waals surface area (Å²) in [6, 6.07) is 8.94. The van der Waals surface area contributed by atoms with Crippen LogP contribution in [0, 0.1) is 5.82 Å². The van der Waals surface area contributed by atoms with Crippen LogP contribution >= 0.6 is 0 Å². The summed E-state index contributed by atoms with van der Waals surface area (Å²) in [6.07, 6.45) is 8.68. The Kier molecular flexibility index (Phi) is 5.00. The van der Waals surface area contributed by atoms with Gasteiger partial charge >= 0.3 is 0 Å². The highest BCUT2D eigenvalue weighted by molar-refractivity contribution is 5.97. The molecule has 6 nitrogen and oxygen atoms in total. The fraction of sp³-hybridized carbons (Fsp3) is 0.333. The van der Waals surface area contributed by atoms with Crippen LogP contribution in [0.15, 0.2) is 54.1 Å². The Hall–Kier alpha value is -2.93. The summed E-state index contributed by atoms with van der Waals surface area (Å²) in [5.74, 6) is -0.167. The number of oxime groups is 1. The van der Waals surface area contributed by atoms with Crippen LogP contribution < -0.4 is 16.0 Å². The third-order valence-electron chi connectivity index (χ3n) is 5.33. The smallest absolute Gasteiger partial charge is 0.177 e. The molecule has 146 valence electrons. The third-order valence-corrected chi connectivity index (χ3v) is 5.33. The Bertz CT molecular complexity index is 1030. The van der Waals surface area contributed by atoms with E-state index in [1.165, 1.54) is 6.07 Å². The highest BCUT2D eigenvalue weighted by atomic mass is 19.1. The Morgan fingerprint density at radius 2 is 2.18 bits per heavy atom. The Morgan fingerprint density at radius 3 is 2.93 bits per heavy atom. The maximum absolute atomic E-state index is 14.7. The number of pyridine rings is 1. The summed E-state index contributed by atoms with van der Waals surface area (Å²) in [4.78, 5) is 5.45. The van der Waals surface area contributed by atoms with Crippen LogP contribution in [-0.2, 0) is 18.4 Å². The van der Waals surface area contributed by atoms with Gasteiger partial charge in [-0.05, 0) is 31.4 Å². The van der Waals surface area contributed by atoms with Crippen LogP contribution in [-0.4, -0.2) is 22.5 Å². The van der Waals surface area contributed by atoms with E-state index in [0.29, 0.717) is 17.7 Å². The minimum atomic E-state index is -0.323. The minimum absolute atomic E-state index is 0.0192. The first-order valence-corrected chi connectivity index (χ1v) is 9.49. The van der Waals surface area contributed by atoms with Gasteiger partial charge in [0.15, 0.2) is 18.2 Å². The molecule has 1 fully saturated rings. The SMILES string of the molecule is C[n+]1ccc2c(ccn2Cc2ccc(C(N)=NOC3CCCC3N)cc2F)c1. The third kappa shape index (κ3) is 3.71. The molecule has 1 aromatic carbocycles. The van der Waals surface area contributed by atoms with Crippen molar-refractivity contribution in [3.8, 4) is 0 Å². The zero-order valence-electron chi connectivity index (χ0n) is 15.9. The molecule has 2 aromatic heterocycles. The lowest BCUT2D eigenvalue weighted by Crippen LogP contribution is -2.30. The van der Waals surface area contributed by atoms with E-state index in [1.54, 1.807) is 12.1 Å². The van der Waals surface area contributed by atoms with Gasteiger partial charge in [0.05, 0.1) is 17.4 Å².